The molecule has 0 saturated carbocycles. The van der Waals surface area contributed by atoms with Gasteiger partial charge in [-0.05, 0) is 137 Å². The predicted molar refractivity (Wildman–Crippen MR) is 272 cm³/mol. The van der Waals surface area contributed by atoms with Crippen molar-refractivity contribution in [2.24, 2.45) is 0 Å². The number of rotatable bonds is 6. The van der Waals surface area contributed by atoms with Gasteiger partial charge in [0, 0.05) is 33.1 Å². The molecule has 2 heteroatoms. The van der Waals surface area contributed by atoms with Crippen LogP contribution < -0.4 is 4.90 Å². The molecular formula is C62H39NO. The van der Waals surface area contributed by atoms with Gasteiger partial charge < -0.3 is 9.32 Å². The highest BCUT2D eigenvalue weighted by molar-refractivity contribution is 6.27. The van der Waals surface area contributed by atoms with E-state index >= 15 is 0 Å². The highest BCUT2D eigenvalue weighted by Gasteiger charge is 2.22. The first-order chi connectivity index (χ1) is 31.7. The maximum absolute atomic E-state index is 6.66. The summed E-state index contributed by atoms with van der Waals surface area (Å²) in [5.74, 6) is 0. The molecule has 12 aromatic carbocycles. The average Bonchev–Trinajstić information content (AvgIpc) is 3.75. The van der Waals surface area contributed by atoms with Crippen molar-refractivity contribution in [1.82, 2.24) is 0 Å². The lowest BCUT2D eigenvalue weighted by atomic mass is 9.90. The van der Waals surface area contributed by atoms with Crippen LogP contribution in [0.2, 0.25) is 0 Å². The van der Waals surface area contributed by atoms with Crippen molar-refractivity contribution in [2.75, 3.05) is 4.90 Å². The number of hydrogen-bond donors (Lipinski definition) is 0. The lowest BCUT2D eigenvalue weighted by Gasteiger charge is -2.29. The second-order valence-electron chi connectivity index (χ2n) is 16.8. The van der Waals surface area contributed by atoms with Crippen LogP contribution >= 0.6 is 0 Å². The minimum absolute atomic E-state index is 0.881. The van der Waals surface area contributed by atoms with E-state index in [1.54, 1.807) is 0 Å². The fraction of sp³-hybridized carbons (Fsp3) is 0. The molecule has 0 unspecified atom stereocenters. The Morgan fingerprint density at radius 1 is 0.266 bits per heavy atom. The predicted octanol–water partition coefficient (Wildman–Crippen LogP) is 17.8. The van der Waals surface area contributed by atoms with Crippen molar-refractivity contribution in [3.8, 4) is 33.4 Å². The third kappa shape index (κ3) is 5.88. The average molecular weight is 814 g/mol. The van der Waals surface area contributed by atoms with Crippen molar-refractivity contribution >= 4 is 92.9 Å². The van der Waals surface area contributed by atoms with E-state index in [1.807, 2.05) is 0 Å². The van der Waals surface area contributed by atoms with Crippen molar-refractivity contribution in [2.45, 2.75) is 0 Å². The summed E-state index contributed by atoms with van der Waals surface area (Å²) >= 11 is 0. The van der Waals surface area contributed by atoms with Gasteiger partial charge in [-0.1, -0.05) is 176 Å². The summed E-state index contributed by atoms with van der Waals surface area (Å²) < 4.78 is 6.66. The molecule has 0 fully saturated rings. The van der Waals surface area contributed by atoms with Gasteiger partial charge in [0.2, 0.25) is 0 Å². The molecule has 64 heavy (non-hydrogen) atoms. The summed E-state index contributed by atoms with van der Waals surface area (Å²) in [7, 11) is 0. The van der Waals surface area contributed by atoms with Gasteiger partial charge in [0.1, 0.15) is 11.2 Å². The number of hydrogen-bond acceptors (Lipinski definition) is 2. The van der Waals surface area contributed by atoms with Gasteiger partial charge in [0.25, 0.3) is 0 Å². The molecule has 13 rings (SSSR count). The van der Waals surface area contributed by atoms with Gasteiger partial charge in [-0.2, -0.15) is 0 Å². The van der Waals surface area contributed by atoms with Gasteiger partial charge in [0.15, 0.2) is 0 Å². The van der Waals surface area contributed by atoms with E-state index in [0.29, 0.717) is 0 Å². The summed E-state index contributed by atoms with van der Waals surface area (Å²) in [6, 6.07) is 86.3. The molecular weight excluding hydrogens is 775 g/mol. The van der Waals surface area contributed by atoms with Crippen molar-refractivity contribution in [3.63, 3.8) is 0 Å². The zero-order chi connectivity index (χ0) is 42.1. The summed E-state index contributed by atoms with van der Waals surface area (Å²) in [6.07, 6.45) is 0. The second kappa shape index (κ2) is 14.6. The molecule has 0 aliphatic carbocycles. The molecule has 298 valence electrons. The van der Waals surface area contributed by atoms with E-state index in [1.165, 1.54) is 70.7 Å². The summed E-state index contributed by atoms with van der Waals surface area (Å²) in [6.45, 7) is 0. The Labute approximate surface area is 370 Å². The molecule has 0 atom stereocenters. The number of furan rings is 1. The maximum atomic E-state index is 6.66. The zero-order valence-electron chi connectivity index (χ0n) is 34.9. The molecule has 13 aromatic rings. The maximum Gasteiger partial charge on any atom is 0.143 e. The normalized spacial score (nSPS) is 11.8. The highest BCUT2D eigenvalue weighted by atomic mass is 16.3. The van der Waals surface area contributed by atoms with Crippen LogP contribution in [0.5, 0.6) is 0 Å². The Morgan fingerprint density at radius 3 is 1.45 bits per heavy atom. The highest BCUT2D eigenvalue weighted by Crippen LogP contribution is 2.48. The first-order valence-corrected chi connectivity index (χ1v) is 22.0. The Balaban J connectivity index is 1.08. The second-order valence-corrected chi connectivity index (χ2v) is 16.8. The third-order valence-corrected chi connectivity index (χ3v) is 13.2. The SMILES string of the molecule is c1ccc(-c2ccc(N(c3ccc(-c4ccc5ccccc5c4)cc3)c3cc4c5ccccc5c5ccccc5c4cc3-c3ccc4oc5c6ccccc6ccc5c4c3)cc2)cc1. The third-order valence-electron chi connectivity index (χ3n) is 13.2. The molecule has 0 saturated heterocycles. The molecule has 0 amide bonds. The van der Waals surface area contributed by atoms with Crippen LogP contribution in [0.1, 0.15) is 0 Å². The van der Waals surface area contributed by atoms with Gasteiger partial charge >= 0.3 is 0 Å². The molecule has 2 nitrogen and oxygen atoms in total. The number of benzene rings is 12. The molecule has 0 N–H and O–H groups in total. The molecule has 0 bridgehead atoms. The fourth-order valence-corrected chi connectivity index (χ4v) is 10.1. The minimum atomic E-state index is 0.881. The van der Waals surface area contributed by atoms with Gasteiger partial charge in [-0.3, -0.25) is 0 Å². The van der Waals surface area contributed by atoms with Crippen LogP contribution in [-0.4, -0.2) is 0 Å². The minimum Gasteiger partial charge on any atom is -0.455 e. The first-order valence-electron chi connectivity index (χ1n) is 22.0. The first kappa shape index (κ1) is 36.2. The van der Waals surface area contributed by atoms with E-state index in [0.717, 1.165) is 55.5 Å². The zero-order valence-corrected chi connectivity index (χ0v) is 34.9. The lowest BCUT2D eigenvalue weighted by Crippen LogP contribution is -2.11. The van der Waals surface area contributed by atoms with E-state index in [4.69, 9.17) is 4.42 Å². The molecule has 0 aliphatic rings. The Hall–Kier alpha value is -8.46. The van der Waals surface area contributed by atoms with Crippen molar-refractivity contribution in [3.05, 3.63) is 237 Å². The number of nitrogens with zero attached hydrogens (tertiary/aromatic N) is 1. The topological polar surface area (TPSA) is 16.4 Å². The van der Waals surface area contributed by atoms with Crippen LogP contribution in [0.4, 0.5) is 17.1 Å². The Kier molecular flexibility index (Phi) is 8.25. The van der Waals surface area contributed by atoms with Gasteiger partial charge in [0.05, 0.1) is 5.69 Å². The van der Waals surface area contributed by atoms with E-state index in [-0.39, 0.29) is 0 Å². The van der Waals surface area contributed by atoms with Crippen molar-refractivity contribution in [1.29, 1.82) is 0 Å². The molecule has 1 aromatic heterocycles. The van der Waals surface area contributed by atoms with Crippen LogP contribution in [0.3, 0.4) is 0 Å². The van der Waals surface area contributed by atoms with E-state index < -0.39 is 0 Å². The van der Waals surface area contributed by atoms with E-state index in [2.05, 4.69) is 241 Å². The largest absolute Gasteiger partial charge is 0.455 e. The van der Waals surface area contributed by atoms with E-state index in [9.17, 15) is 0 Å². The number of fused-ring (bicyclic) bond motifs is 12. The van der Waals surface area contributed by atoms with Gasteiger partial charge in [-0.15, -0.1) is 0 Å². The van der Waals surface area contributed by atoms with Crippen LogP contribution in [-0.2, 0) is 0 Å². The quantitative estimate of drug-likeness (QED) is 0.156. The Morgan fingerprint density at radius 2 is 0.766 bits per heavy atom. The monoisotopic (exact) mass is 813 g/mol. The van der Waals surface area contributed by atoms with Crippen LogP contribution in [0, 0.1) is 0 Å². The summed E-state index contributed by atoms with van der Waals surface area (Å²) in [5.41, 5.74) is 12.0. The summed E-state index contributed by atoms with van der Waals surface area (Å²) in [5, 5.41) is 14.4. The fourth-order valence-electron chi connectivity index (χ4n) is 10.1. The molecule has 1 heterocycles. The number of anilines is 3. The molecule has 0 radical (unpaired) electrons. The summed E-state index contributed by atoms with van der Waals surface area (Å²) in [4.78, 5) is 2.45. The standard InChI is InChI=1S/C62H39NO/c1-2-12-40(13-3-1)42-24-30-48(31-25-42)63(49-32-26-43(27-33-49)46-23-22-41-14-4-5-16-45(41)36-46)60-39-58-54-21-11-9-19-52(54)51-18-8-10-20-53(51)57(58)38-56(60)47-29-35-61-59(37-47)55-34-28-44-15-6-7-17-50(44)62(55)64-61/h1-39H. The smallest absolute Gasteiger partial charge is 0.143 e. The molecule has 0 aliphatic heterocycles. The van der Waals surface area contributed by atoms with Crippen LogP contribution in [0.15, 0.2) is 241 Å². The molecule has 0 spiro atoms. The lowest BCUT2D eigenvalue weighted by molar-refractivity contribution is 0.672. The van der Waals surface area contributed by atoms with Crippen molar-refractivity contribution < 1.29 is 4.42 Å². The van der Waals surface area contributed by atoms with Crippen LogP contribution in [0.25, 0.3) is 109 Å². The van der Waals surface area contributed by atoms with Gasteiger partial charge in [-0.25, -0.2) is 0 Å². The Bertz CT molecular complexity index is 3940.